The number of para-hydroxylation sites is 1. The predicted octanol–water partition coefficient (Wildman–Crippen LogP) is 1.75. The molecule has 1 amide bonds. The zero-order valence-corrected chi connectivity index (χ0v) is 11.6. The van der Waals surface area contributed by atoms with Gasteiger partial charge in [-0.15, -0.1) is 0 Å². The molecule has 0 bridgehead atoms. The van der Waals surface area contributed by atoms with Gasteiger partial charge in [0.25, 0.3) is 5.91 Å². The SMILES string of the molecule is O=C(C1Cc2ccccc2O1)N(CCO)C1CCCC1. The first kappa shape index (κ1) is 13.4. The van der Waals surface area contributed by atoms with Gasteiger partial charge in [0.15, 0.2) is 6.10 Å². The Bertz CT molecular complexity index is 457. The molecular weight excluding hydrogens is 254 g/mol. The van der Waals surface area contributed by atoms with Crippen molar-refractivity contribution < 1.29 is 14.6 Å². The van der Waals surface area contributed by atoms with E-state index < -0.39 is 6.10 Å². The first-order valence-electron chi connectivity index (χ1n) is 7.45. The summed E-state index contributed by atoms with van der Waals surface area (Å²) in [6, 6.07) is 8.09. The molecule has 1 unspecified atom stereocenters. The first-order chi connectivity index (χ1) is 9.79. The molecule has 0 radical (unpaired) electrons. The van der Waals surface area contributed by atoms with Crippen LogP contribution in [0.3, 0.4) is 0 Å². The first-order valence-corrected chi connectivity index (χ1v) is 7.45. The number of aliphatic hydroxyl groups is 1. The van der Waals surface area contributed by atoms with Crippen molar-refractivity contribution in [1.29, 1.82) is 0 Å². The zero-order valence-electron chi connectivity index (χ0n) is 11.6. The van der Waals surface area contributed by atoms with Crippen molar-refractivity contribution in [2.24, 2.45) is 0 Å². The van der Waals surface area contributed by atoms with Crippen molar-refractivity contribution in [3.63, 3.8) is 0 Å². The smallest absolute Gasteiger partial charge is 0.264 e. The maximum Gasteiger partial charge on any atom is 0.264 e. The predicted molar refractivity (Wildman–Crippen MR) is 75.6 cm³/mol. The standard InChI is InChI=1S/C16H21NO3/c18-10-9-17(13-6-2-3-7-13)16(19)15-11-12-5-1-4-8-14(12)20-15/h1,4-5,8,13,15,18H,2-3,6-7,9-11H2. The van der Waals surface area contributed by atoms with Crippen LogP contribution in [0.25, 0.3) is 0 Å². The number of nitrogens with zero attached hydrogens (tertiary/aromatic N) is 1. The van der Waals surface area contributed by atoms with Gasteiger partial charge in [0.05, 0.1) is 6.61 Å². The van der Waals surface area contributed by atoms with Crippen LogP contribution in [0.15, 0.2) is 24.3 Å². The lowest BCUT2D eigenvalue weighted by atomic mass is 10.1. The number of carbonyl (C=O) groups is 1. The van der Waals surface area contributed by atoms with E-state index in [1.54, 1.807) is 0 Å². The second-order valence-corrected chi connectivity index (χ2v) is 5.61. The fourth-order valence-corrected chi connectivity index (χ4v) is 3.30. The highest BCUT2D eigenvalue weighted by Crippen LogP contribution is 2.31. The normalized spacial score (nSPS) is 21.6. The Hall–Kier alpha value is -1.55. The molecule has 1 aliphatic carbocycles. The molecule has 3 rings (SSSR count). The van der Waals surface area contributed by atoms with E-state index in [1.807, 2.05) is 29.2 Å². The molecule has 1 saturated carbocycles. The van der Waals surface area contributed by atoms with Crippen LogP contribution in [0.1, 0.15) is 31.2 Å². The average Bonchev–Trinajstić information content (AvgIpc) is 3.12. The lowest BCUT2D eigenvalue weighted by molar-refractivity contribution is -0.140. The van der Waals surface area contributed by atoms with Gasteiger partial charge in [-0.3, -0.25) is 4.79 Å². The molecule has 108 valence electrons. The summed E-state index contributed by atoms with van der Waals surface area (Å²) in [6.45, 7) is 0.432. The van der Waals surface area contributed by atoms with Gasteiger partial charge in [-0.25, -0.2) is 0 Å². The highest BCUT2D eigenvalue weighted by atomic mass is 16.5. The van der Waals surface area contributed by atoms with Crippen molar-refractivity contribution in [3.05, 3.63) is 29.8 Å². The molecule has 1 heterocycles. The van der Waals surface area contributed by atoms with E-state index in [0.717, 1.165) is 24.2 Å². The molecule has 20 heavy (non-hydrogen) atoms. The second kappa shape index (κ2) is 5.83. The Morgan fingerprint density at radius 3 is 2.75 bits per heavy atom. The van der Waals surface area contributed by atoms with E-state index in [1.165, 1.54) is 12.8 Å². The fourth-order valence-electron chi connectivity index (χ4n) is 3.30. The summed E-state index contributed by atoms with van der Waals surface area (Å²) < 4.78 is 5.78. The molecule has 2 aliphatic rings. The lowest BCUT2D eigenvalue weighted by Crippen LogP contribution is -2.47. The maximum absolute atomic E-state index is 12.7. The Morgan fingerprint density at radius 1 is 1.30 bits per heavy atom. The van der Waals surface area contributed by atoms with E-state index in [9.17, 15) is 9.90 Å². The highest BCUT2D eigenvalue weighted by Gasteiger charge is 2.35. The highest BCUT2D eigenvalue weighted by molar-refractivity contribution is 5.83. The molecule has 1 aromatic rings. The summed E-state index contributed by atoms with van der Waals surface area (Å²) in [6.07, 6.45) is 4.66. The molecule has 1 aromatic carbocycles. The third-order valence-electron chi connectivity index (χ3n) is 4.31. The second-order valence-electron chi connectivity index (χ2n) is 5.61. The van der Waals surface area contributed by atoms with Gasteiger partial charge < -0.3 is 14.7 Å². The third kappa shape index (κ3) is 2.52. The van der Waals surface area contributed by atoms with Gasteiger partial charge in [0.1, 0.15) is 5.75 Å². The van der Waals surface area contributed by atoms with Gasteiger partial charge in [0, 0.05) is 19.0 Å². The largest absolute Gasteiger partial charge is 0.480 e. The van der Waals surface area contributed by atoms with Crippen molar-refractivity contribution in [2.45, 2.75) is 44.2 Å². The van der Waals surface area contributed by atoms with E-state index in [-0.39, 0.29) is 18.6 Å². The Labute approximate surface area is 119 Å². The van der Waals surface area contributed by atoms with Gasteiger partial charge >= 0.3 is 0 Å². The molecule has 1 fully saturated rings. The van der Waals surface area contributed by atoms with E-state index >= 15 is 0 Å². The number of hydrogen-bond donors (Lipinski definition) is 1. The molecular formula is C16H21NO3. The Morgan fingerprint density at radius 2 is 2.05 bits per heavy atom. The molecule has 0 spiro atoms. The lowest BCUT2D eigenvalue weighted by Gasteiger charge is -2.30. The Kier molecular flexibility index (Phi) is 3.92. The monoisotopic (exact) mass is 275 g/mol. The van der Waals surface area contributed by atoms with Crippen LogP contribution >= 0.6 is 0 Å². The summed E-state index contributed by atoms with van der Waals surface area (Å²) in [5, 5.41) is 9.23. The molecule has 0 aromatic heterocycles. The van der Waals surface area contributed by atoms with Crippen molar-refractivity contribution in [1.82, 2.24) is 4.90 Å². The third-order valence-corrected chi connectivity index (χ3v) is 4.31. The Balaban J connectivity index is 1.71. The molecule has 1 N–H and O–H groups in total. The van der Waals surface area contributed by atoms with Crippen LogP contribution in [0.2, 0.25) is 0 Å². The van der Waals surface area contributed by atoms with E-state index in [2.05, 4.69) is 0 Å². The maximum atomic E-state index is 12.7. The van der Waals surface area contributed by atoms with Crippen LogP contribution in [0, 0.1) is 0 Å². The van der Waals surface area contributed by atoms with Gasteiger partial charge in [-0.2, -0.15) is 0 Å². The minimum Gasteiger partial charge on any atom is -0.480 e. The summed E-state index contributed by atoms with van der Waals surface area (Å²) in [5.41, 5.74) is 1.10. The van der Waals surface area contributed by atoms with Gasteiger partial charge in [-0.05, 0) is 24.5 Å². The van der Waals surface area contributed by atoms with Crippen LogP contribution < -0.4 is 4.74 Å². The minimum absolute atomic E-state index is 0.0158. The minimum atomic E-state index is -0.417. The number of fused-ring (bicyclic) bond motifs is 1. The van der Waals surface area contributed by atoms with E-state index in [0.29, 0.717) is 13.0 Å². The van der Waals surface area contributed by atoms with Crippen molar-refractivity contribution >= 4 is 5.91 Å². The fraction of sp³-hybridized carbons (Fsp3) is 0.562. The van der Waals surface area contributed by atoms with Crippen LogP contribution in [-0.4, -0.2) is 41.2 Å². The average molecular weight is 275 g/mol. The van der Waals surface area contributed by atoms with Gasteiger partial charge in [0.2, 0.25) is 0 Å². The van der Waals surface area contributed by atoms with Crippen LogP contribution in [-0.2, 0) is 11.2 Å². The summed E-state index contributed by atoms with van der Waals surface area (Å²) in [5.74, 6) is 0.850. The zero-order chi connectivity index (χ0) is 13.9. The topological polar surface area (TPSA) is 49.8 Å². The van der Waals surface area contributed by atoms with Crippen LogP contribution in [0.5, 0.6) is 5.75 Å². The van der Waals surface area contributed by atoms with Crippen molar-refractivity contribution in [2.75, 3.05) is 13.2 Å². The van der Waals surface area contributed by atoms with Gasteiger partial charge in [-0.1, -0.05) is 31.0 Å². The molecule has 4 nitrogen and oxygen atoms in total. The number of carbonyl (C=O) groups excluding carboxylic acids is 1. The number of benzene rings is 1. The molecule has 4 heteroatoms. The molecule has 0 saturated heterocycles. The number of aliphatic hydroxyl groups excluding tert-OH is 1. The summed E-state index contributed by atoms with van der Waals surface area (Å²) in [4.78, 5) is 14.5. The number of amides is 1. The van der Waals surface area contributed by atoms with Crippen molar-refractivity contribution in [3.8, 4) is 5.75 Å². The number of ether oxygens (including phenoxy) is 1. The molecule has 1 atom stereocenters. The summed E-state index contributed by atoms with van der Waals surface area (Å²) in [7, 11) is 0. The van der Waals surface area contributed by atoms with Crippen LogP contribution in [0.4, 0.5) is 0 Å². The quantitative estimate of drug-likeness (QED) is 0.911. The number of rotatable bonds is 4. The number of hydrogen-bond acceptors (Lipinski definition) is 3. The molecule has 1 aliphatic heterocycles. The van der Waals surface area contributed by atoms with E-state index in [4.69, 9.17) is 4.74 Å². The summed E-state index contributed by atoms with van der Waals surface area (Å²) >= 11 is 0.